The Balaban J connectivity index is 2.71. The number of nitrogens with zero attached hydrogens (tertiary/aromatic N) is 1. The van der Waals surface area contributed by atoms with E-state index >= 15 is 0 Å². The monoisotopic (exact) mass is 225 g/mol. The van der Waals surface area contributed by atoms with Crippen LogP contribution in [0.1, 0.15) is 18.5 Å². The van der Waals surface area contributed by atoms with Gasteiger partial charge in [-0.2, -0.15) is 0 Å². The van der Waals surface area contributed by atoms with Crippen LogP contribution < -0.4 is 5.73 Å². The fraction of sp³-hybridized carbons (Fsp3) is 0.364. The average Bonchev–Trinajstić information content (AvgIpc) is 2.17. The zero-order valence-corrected chi connectivity index (χ0v) is 9.75. The van der Waals surface area contributed by atoms with Gasteiger partial charge in [0.15, 0.2) is 0 Å². The summed E-state index contributed by atoms with van der Waals surface area (Å²) in [7, 11) is 1.95. The van der Waals surface area contributed by atoms with Crippen LogP contribution in [-0.2, 0) is 0 Å². The predicted molar refractivity (Wildman–Crippen MR) is 64.4 cm³/mol. The van der Waals surface area contributed by atoms with Gasteiger partial charge in [0, 0.05) is 11.1 Å². The molecular formula is C11H16ClN3. The molecule has 0 aliphatic rings. The van der Waals surface area contributed by atoms with Crippen LogP contribution in [0, 0.1) is 5.41 Å². The summed E-state index contributed by atoms with van der Waals surface area (Å²) in [5, 5.41) is 7.97. The van der Waals surface area contributed by atoms with E-state index in [9.17, 15) is 0 Å². The van der Waals surface area contributed by atoms with Crippen molar-refractivity contribution in [1.29, 1.82) is 5.41 Å². The number of nitrogens with one attached hydrogen (secondary N) is 1. The second-order valence-corrected chi connectivity index (χ2v) is 4.10. The van der Waals surface area contributed by atoms with Crippen LogP contribution in [0.15, 0.2) is 24.3 Å². The summed E-state index contributed by atoms with van der Waals surface area (Å²) in [5.41, 5.74) is 6.52. The molecule has 1 aromatic carbocycles. The van der Waals surface area contributed by atoms with Gasteiger partial charge in [-0.1, -0.05) is 23.7 Å². The van der Waals surface area contributed by atoms with Gasteiger partial charge in [-0.05, 0) is 31.7 Å². The van der Waals surface area contributed by atoms with Gasteiger partial charge in [0.05, 0.1) is 6.54 Å². The first-order valence-corrected chi connectivity index (χ1v) is 5.17. The lowest BCUT2D eigenvalue weighted by molar-refractivity contribution is 0.297. The fourth-order valence-electron chi connectivity index (χ4n) is 1.40. The Kier molecular flexibility index (Phi) is 4.12. The normalized spacial score (nSPS) is 12.8. The molecule has 0 aliphatic heterocycles. The fourth-order valence-corrected chi connectivity index (χ4v) is 1.53. The summed E-state index contributed by atoms with van der Waals surface area (Å²) in [6, 6.07) is 7.95. The first-order chi connectivity index (χ1) is 7.00. The summed E-state index contributed by atoms with van der Waals surface area (Å²) in [6.07, 6.45) is 0. The van der Waals surface area contributed by atoms with E-state index in [4.69, 9.17) is 22.7 Å². The summed E-state index contributed by atoms with van der Waals surface area (Å²) in [5.74, 6) is 0.179. The third-order valence-corrected chi connectivity index (χ3v) is 2.69. The molecule has 0 saturated heterocycles. The number of hydrogen-bond donors (Lipinski definition) is 2. The molecule has 1 unspecified atom stereocenters. The molecule has 0 aromatic heterocycles. The smallest absolute Gasteiger partial charge is 0.105 e. The number of rotatable bonds is 4. The number of nitrogens with two attached hydrogens (primary N) is 1. The molecule has 0 radical (unpaired) electrons. The Morgan fingerprint density at radius 2 is 2.00 bits per heavy atom. The molecule has 3 nitrogen and oxygen atoms in total. The highest BCUT2D eigenvalue weighted by molar-refractivity contribution is 6.30. The van der Waals surface area contributed by atoms with E-state index in [0.717, 1.165) is 5.02 Å². The average molecular weight is 226 g/mol. The number of amidine groups is 1. The van der Waals surface area contributed by atoms with Crippen LogP contribution in [0.2, 0.25) is 5.02 Å². The van der Waals surface area contributed by atoms with Gasteiger partial charge in [-0.3, -0.25) is 10.3 Å². The Bertz CT molecular complexity index is 334. The highest BCUT2D eigenvalue weighted by atomic mass is 35.5. The molecule has 0 bridgehead atoms. The highest BCUT2D eigenvalue weighted by Gasteiger charge is 2.11. The van der Waals surface area contributed by atoms with E-state index in [0.29, 0.717) is 6.54 Å². The molecule has 0 saturated carbocycles. The van der Waals surface area contributed by atoms with Gasteiger partial charge in [-0.15, -0.1) is 0 Å². The van der Waals surface area contributed by atoms with E-state index in [1.54, 1.807) is 0 Å². The standard InChI is InChI=1S/C11H16ClN3/c1-8(15(2)7-11(13)14)9-3-5-10(12)6-4-9/h3-6,8H,7H2,1-2H3,(H3,13,14). The second-order valence-electron chi connectivity index (χ2n) is 3.67. The molecule has 0 amide bonds. The zero-order valence-electron chi connectivity index (χ0n) is 9.00. The molecule has 0 spiro atoms. The summed E-state index contributed by atoms with van der Waals surface area (Å²) >= 11 is 5.81. The summed E-state index contributed by atoms with van der Waals surface area (Å²) < 4.78 is 0. The molecule has 0 heterocycles. The van der Waals surface area contributed by atoms with Crippen molar-refractivity contribution >= 4 is 17.4 Å². The molecule has 0 aliphatic carbocycles. The highest BCUT2D eigenvalue weighted by Crippen LogP contribution is 2.20. The SMILES string of the molecule is CC(c1ccc(Cl)cc1)N(C)CC(=N)N. The third-order valence-electron chi connectivity index (χ3n) is 2.43. The summed E-state index contributed by atoms with van der Waals surface area (Å²) in [4.78, 5) is 2.02. The van der Waals surface area contributed by atoms with E-state index < -0.39 is 0 Å². The van der Waals surface area contributed by atoms with Gasteiger partial charge < -0.3 is 5.73 Å². The number of hydrogen-bond acceptors (Lipinski definition) is 2. The second kappa shape index (κ2) is 5.14. The van der Waals surface area contributed by atoms with Gasteiger partial charge in [0.2, 0.25) is 0 Å². The summed E-state index contributed by atoms with van der Waals surface area (Å²) in [6.45, 7) is 2.55. The minimum absolute atomic E-state index is 0.179. The molecule has 1 rings (SSSR count). The van der Waals surface area contributed by atoms with Crippen molar-refractivity contribution in [2.24, 2.45) is 5.73 Å². The van der Waals surface area contributed by atoms with Crippen molar-refractivity contribution in [3.63, 3.8) is 0 Å². The van der Waals surface area contributed by atoms with Crippen LogP contribution in [0.25, 0.3) is 0 Å². The topological polar surface area (TPSA) is 53.1 Å². The Hall–Kier alpha value is -1.06. The van der Waals surface area contributed by atoms with Crippen LogP contribution in [0.5, 0.6) is 0 Å². The van der Waals surface area contributed by atoms with Crippen molar-refractivity contribution in [3.8, 4) is 0 Å². The lowest BCUT2D eigenvalue weighted by atomic mass is 10.1. The molecule has 1 atom stereocenters. The predicted octanol–water partition coefficient (Wildman–Crippen LogP) is 2.27. The molecule has 0 fully saturated rings. The Labute approximate surface area is 95.3 Å². The Morgan fingerprint density at radius 3 is 2.47 bits per heavy atom. The van der Waals surface area contributed by atoms with Crippen molar-refractivity contribution in [2.45, 2.75) is 13.0 Å². The lowest BCUT2D eigenvalue weighted by Gasteiger charge is -2.24. The van der Waals surface area contributed by atoms with E-state index in [-0.39, 0.29) is 11.9 Å². The molecule has 15 heavy (non-hydrogen) atoms. The number of likely N-dealkylation sites (N-methyl/N-ethyl adjacent to an activating group) is 1. The quantitative estimate of drug-likeness (QED) is 0.610. The molecule has 4 heteroatoms. The van der Waals surface area contributed by atoms with Crippen LogP contribution in [0.3, 0.4) is 0 Å². The lowest BCUT2D eigenvalue weighted by Crippen LogP contribution is -2.32. The van der Waals surface area contributed by atoms with E-state index in [1.807, 2.05) is 36.2 Å². The maximum absolute atomic E-state index is 7.23. The maximum Gasteiger partial charge on any atom is 0.105 e. The van der Waals surface area contributed by atoms with Crippen LogP contribution in [-0.4, -0.2) is 24.3 Å². The van der Waals surface area contributed by atoms with Gasteiger partial charge >= 0.3 is 0 Å². The van der Waals surface area contributed by atoms with Gasteiger partial charge in [0.25, 0.3) is 0 Å². The van der Waals surface area contributed by atoms with Crippen molar-refractivity contribution in [1.82, 2.24) is 4.90 Å². The van der Waals surface area contributed by atoms with Gasteiger partial charge in [0.1, 0.15) is 5.84 Å². The van der Waals surface area contributed by atoms with Crippen LogP contribution in [0.4, 0.5) is 0 Å². The van der Waals surface area contributed by atoms with Crippen molar-refractivity contribution in [2.75, 3.05) is 13.6 Å². The largest absolute Gasteiger partial charge is 0.387 e. The number of benzene rings is 1. The third kappa shape index (κ3) is 3.53. The molecule has 1 aromatic rings. The molecule has 3 N–H and O–H groups in total. The van der Waals surface area contributed by atoms with Crippen molar-refractivity contribution < 1.29 is 0 Å². The van der Waals surface area contributed by atoms with Crippen LogP contribution >= 0.6 is 11.6 Å². The maximum atomic E-state index is 7.23. The van der Waals surface area contributed by atoms with E-state index in [1.165, 1.54) is 5.56 Å². The molecule has 82 valence electrons. The first-order valence-electron chi connectivity index (χ1n) is 4.79. The minimum atomic E-state index is 0.179. The number of halogens is 1. The van der Waals surface area contributed by atoms with E-state index in [2.05, 4.69) is 6.92 Å². The first kappa shape index (κ1) is 12.0. The van der Waals surface area contributed by atoms with Gasteiger partial charge in [-0.25, -0.2) is 0 Å². The minimum Gasteiger partial charge on any atom is -0.387 e. The zero-order chi connectivity index (χ0) is 11.4. The molecular weight excluding hydrogens is 210 g/mol. The van der Waals surface area contributed by atoms with Crippen molar-refractivity contribution in [3.05, 3.63) is 34.9 Å². The Morgan fingerprint density at radius 1 is 1.47 bits per heavy atom.